The van der Waals surface area contributed by atoms with E-state index < -0.39 is 23.1 Å². The number of amides is 1. The Morgan fingerprint density at radius 1 is 0.344 bits per heavy atom. The van der Waals surface area contributed by atoms with Crippen LogP contribution in [-0.4, -0.2) is 128 Å². The summed E-state index contributed by atoms with van der Waals surface area (Å²) in [5.74, 6) is 0.642. The van der Waals surface area contributed by atoms with Crippen LogP contribution in [-0.2, 0) is 90.0 Å². The second kappa shape index (κ2) is 45.6. The number of aliphatic hydroxyl groups excluding tert-OH is 10. The van der Waals surface area contributed by atoms with Gasteiger partial charge in [-0.3, -0.25) is 14.4 Å². The Morgan fingerprint density at radius 3 is 0.820 bits per heavy atom. The maximum atomic E-state index is 11.7. The lowest BCUT2D eigenvalue weighted by molar-refractivity contribution is -0.137. The maximum absolute atomic E-state index is 11.7. The van der Waals surface area contributed by atoms with E-state index in [1.165, 1.54) is 39.6 Å². The first-order chi connectivity index (χ1) is 62.1. The molecule has 0 spiro atoms. The molecule has 1 amide bonds. The highest BCUT2D eigenvalue weighted by atomic mass is 35.5. The highest BCUT2D eigenvalue weighted by molar-refractivity contribution is 6.66. The Balaban J connectivity index is 0.000000166. The molecular formula is C102H94ClN3O22. The number of ether oxygens (including phenoxy) is 6. The molecule has 0 atom stereocenters. The van der Waals surface area contributed by atoms with E-state index in [4.69, 9.17) is 50.7 Å². The molecule has 0 heterocycles. The fraction of sp³-hybridized carbons (Fsp3) is 0.167. The summed E-state index contributed by atoms with van der Waals surface area (Å²) in [5.41, 5.74) is 19.3. The SMILES string of the molecule is C=C.CCOC(=O)/C=C/c1cc2ccc(CO)cc2c2cc(CO)c(OC)cc12.COc1cc2c(/C=C/C(=O)Cl)cc3ccc(CO)cc3c2cc1CO.COc1cc2c(/C=C/C(=O)N=[N+]=[N-])cc3ccc(CO)cc3c2cc1CO.COc1cc2c(/C=C/C(=O)O)cc3ccc(CO)cc3c2cc1CO.COc1cc2c(C=O)cc3ccc(CO)cc3c2cc1CO. The lowest BCUT2D eigenvalue weighted by atomic mass is 9.94. The number of nitrogens with zero attached hydrogens (tertiary/aromatic N) is 3. The maximum Gasteiger partial charge on any atom is 0.330 e. The largest absolute Gasteiger partial charge is 0.496 e. The predicted octanol–water partition coefficient (Wildman–Crippen LogP) is 17.8. The summed E-state index contributed by atoms with van der Waals surface area (Å²) in [4.78, 5) is 59.2. The second-order valence-corrected chi connectivity index (χ2v) is 29.0. The highest BCUT2D eigenvalue weighted by Gasteiger charge is 2.19. The van der Waals surface area contributed by atoms with Crippen LogP contribution in [0.15, 0.2) is 225 Å². The minimum absolute atomic E-state index is 0.0458. The van der Waals surface area contributed by atoms with Gasteiger partial charge in [0.2, 0.25) is 11.1 Å². The Kier molecular flexibility index (Phi) is 34.2. The van der Waals surface area contributed by atoms with E-state index in [0.717, 1.165) is 170 Å². The first-order valence-corrected chi connectivity index (χ1v) is 40.2. The number of allylic oxidation sites excluding steroid dienone is 1. The van der Waals surface area contributed by atoms with Crippen LogP contribution in [0, 0.1) is 0 Å². The van der Waals surface area contributed by atoms with Gasteiger partial charge in [-0.2, -0.15) is 0 Å². The number of carbonyl (C=O) groups is 5. The van der Waals surface area contributed by atoms with E-state index in [-0.39, 0.29) is 66.1 Å². The Morgan fingerprint density at radius 2 is 0.594 bits per heavy atom. The molecule has 128 heavy (non-hydrogen) atoms. The molecule has 0 aliphatic carbocycles. The molecule has 0 aliphatic rings. The summed E-state index contributed by atoms with van der Waals surface area (Å²) in [6.45, 7) is 6.98. The van der Waals surface area contributed by atoms with E-state index in [1.807, 2.05) is 164 Å². The van der Waals surface area contributed by atoms with E-state index in [0.29, 0.717) is 68.7 Å². The van der Waals surface area contributed by atoms with Crippen LogP contribution in [0.3, 0.4) is 0 Å². The van der Waals surface area contributed by atoms with Crippen molar-refractivity contribution in [1.82, 2.24) is 0 Å². The molecule has 11 N–H and O–H groups in total. The zero-order valence-corrected chi connectivity index (χ0v) is 71.6. The second-order valence-electron chi connectivity index (χ2n) is 28.6. The number of aldehydes is 1. The van der Waals surface area contributed by atoms with Gasteiger partial charge in [-0.25, -0.2) is 9.59 Å². The van der Waals surface area contributed by atoms with E-state index in [9.17, 15) is 75.0 Å². The molecule has 0 fully saturated rings. The van der Waals surface area contributed by atoms with Crippen molar-refractivity contribution in [1.29, 1.82) is 0 Å². The molecule has 15 rings (SSSR count). The third-order valence-corrected chi connectivity index (χ3v) is 21.3. The first kappa shape index (κ1) is 96.0. The highest BCUT2D eigenvalue weighted by Crippen LogP contribution is 2.42. The van der Waals surface area contributed by atoms with Crippen LogP contribution < -0.4 is 23.7 Å². The molecule has 0 aliphatic heterocycles. The number of hydrogen-bond donors (Lipinski definition) is 11. The zero-order valence-electron chi connectivity index (χ0n) is 70.8. The normalized spacial score (nSPS) is 11.2. The summed E-state index contributed by atoms with van der Waals surface area (Å²) in [5, 5.41) is 125. The van der Waals surface area contributed by atoms with Gasteiger partial charge in [0, 0.05) is 50.4 Å². The van der Waals surface area contributed by atoms with Gasteiger partial charge in [-0.05, 0) is 339 Å². The number of aliphatic carboxylic acids is 1. The predicted molar refractivity (Wildman–Crippen MR) is 501 cm³/mol. The Labute approximate surface area is 739 Å². The van der Waals surface area contributed by atoms with Crippen LogP contribution in [0.25, 0.3) is 142 Å². The molecule has 0 saturated heterocycles. The monoisotopic (exact) mass is 1750 g/mol. The molecule has 15 aromatic carbocycles. The average molecular weight is 1750 g/mol. The number of azide groups is 1. The lowest BCUT2D eigenvalue weighted by Gasteiger charge is -2.14. The standard InChI is InChI=1S/C22H22O5.C20H17ClO4.C20H17N3O4.C20H18O5.C18H16O4.C2H4/c1-3-27-22(25)7-6-16-9-15-5-4-14(12-23)8-18(15)20-10-17(13-24)21(26-2)11-19(16)20;1-25-19-9-17-14(4-5-20(21)24)7-13-3-2-12(10-22)6-16(13)18(17)8-15(19)11-23;1-27-19-9-17-14(4-5-20(26)22-23-21)7-13-3-2-12(10-24)6-16(13)18(17)8-15(19)11-25;1-25-19-9-17-14(4-5-20(23)24)7-13-3-2-12(10-21)6-16(13)18(17)8-15(19)11-22;1-22-18-7-16-13(9-20)5-12-3-2-11(8-19)4-15(12)17(16)6-14(18)10-21;1-2/h4-11,23-24H,3,12-13H2,1-2H3;2-9,22-23H,10-11H2,1H3;2-9,24-25H,10-11H2,1H3;2-9,21-22H,10-11H2,1H3,(H,23,24);2-7,9,19,21H,8,10H2,1H3;1-2H2/b7-6+;3*5-4+;;. The minimum Gasteiger partial charge on any atom is -0.496 e. The third kappa shape index (κ3) is 22.2. The number of fused-ring (bicyclic) bond motifs is 15. The molecule has 0 bridgehead atoms. The van der Waals surface area contributed by atoms with Crippen molar-refractivity contribution in [3.8, 4) is 28.7 Å². The summed E-state index contributed by atoms with van der Waals surface area (Å²) in [6.07, 6.45) is 12.3. The van der Waals surface area contributed by atoms with Crippen LogP contribution in [0.5, 0.6) is 28.7 Å². The molecule has 25 nitrogen and oxygen atoms in total. The third-order valence-electron chi connectivity index (χ3n) is 21.2. The number of carboxylic acid groups (broad SMARTS) is 1. The van der Waals surface area contributed by atoms with Crippen LogP contribution in [0.2, 0.25) is 0 Å². The number of hydrogen-bond acceptors (Lipinski definition) is 21. The molecular weight excluding hydrogens is 1650 g/mol. The van der Waals surface area contributed by atoms with E-state index >= 15 is 0 Å². The van der Waals surface area contributed by atoms with Crippen molar-refractivity contribution < 1.29 is 109 Å². The Hall–Kier alpha value is -14.3. The van der Waals surface area contributed by atoms with Gasteiger partial charge in [0.25, 0.3) is 0 Å². The molecule has 15 aromatic rings. The first-order valence-electron chi connectivity index (χ1n) is 39.8. The van der Waals surface area contributed by atoms with E-state index in [2.05, 4.69) is 23.2 Å². The van der Waals surface area contributed by atoms with Gasteiger partial charge in [0.1, 0.15) is 28.7 Å². The van der Waals surface area contributed by atoms with E-state index in [1.54, 1.807) is 63.6 Å². The van der Waals surface area contributed by atoms with Gasteiger partial charge < -0.3 is 84.6 Å². The molecule has 26 heteroatoms. The molecule has 0 radical (unpaired) electrons. The molecule has 0 aromatic heterocycles. The number of methoxy groups -OCH3 is 5. The van der Waals surface area contributed by atoms with Gasteiger partial charge in [0.05, 0.1) is 108 Å². The molecule has 656 valence electrons. The number of esters is 1. The number of carbonyl (C=O) groups excluding carboxylic acids is 4. The van der Waals surface area contributed by atoms with Crippen LogP contribution in [0.4, 0.5) is 0 Å². The van der Waals surface area contributed by atoms with Crippen LogP contribution >= 0.6 is 11.6 Å². The summed E-state index contributed by atoms with van der Waals surface area (Å²) < 4.78 is 31.7. The fourth-order valence-electron chi connectivity index (χ4n) is 15.1. The van der Waals surface area contributed by atoms with Crippen molar-refractivity contribution in [2.45, 2.75) is 73.0 Å². The lowest BCUT2D eigenvalue weighted by Crippen LogP contribution is -1.99. The van der Waals surface area contributed by atoms with Gasteiger partial charge in [-0.1, -0.05) is 66.7 Å². The number of carboxylic acids is 1. The summed E-state index contributed by atoms with van der Waals surface area (Å²) >= 11 is 5.43. The van der Waals surface area contributed by atoms with Crippen molar-refractivity contribution in [3.05, 3.63) is 313 Å². The number of benzene rings is 15. The smallest absolute Gasteiger partial charge is 0.330 e. The zero-order chi connectivity index (χ0) is 92.4. The van der Waals surface area contributed by atoms with Crippen molar-refractivity contribution in [2.24, 2.45) is 5.11 Å². The number of rotatable bonds is 25. The molecule has 0 saturated carbocycles. The average Bonchev–Trinajstić information content (AvgIpc) is 0.789. The fourth-order valence-corrected chi connectivity index (χ4v) is 15.1. The van der Waals surface area contributed by atoms with Gasteiger partial charge in [-0.15, -0.1) is 13.2 Å². The van der Waals surface area contributed by atoms with Gasteiger partial charge >= 0.3 is 11.9 Å². The molecule has 0 unspecified atom stereocenters. The Bertz CT molecular complexity index is 6750. The number of halogens is 1. The van der Waals surface area contributed by atoms with Gasteiger partial charge in [0.15, 0.2) is 6.29 Å². The number of aliphatic hydroxyl groups is 10. The van der Waals surface area contributed by atoms with Crippen molar-refractivity contribution in [2.75, 3.05) is 42.2 Å². The summed E-state index contributed by atoms with van der Waals surface area (Å²) in [7, 11) is 7.68. The summed E-state index contributed by atoms with van der Waals surface area (Å²) in [6, 6.07) is 56.2. The minimum atomic E-state index is -1.03. The van der Waals surface area contributed by atoms with Crippen molar-refractivity contribution >= 4 is 173 Å². The van der Waals surface area contributed by atoms with Crippen molar-refractivity contribution in [3.63, 3.8) is 0 Å². The topological polar surface area (TPSA) is 412 Å². The van der Waals surface area contributed by atoms with Crippen LogP contribution in [0.1, 0.15) is 95.2 Å². The quantitative estimate of drug-likeness (QED) is 0.00291.